The molecule has 0 saturated carbocycles. The third-order valence-corrected chi connectivity index (χ3v) is 11.3. The van der Waals surface area contributed by atoms with Crippen molar-refractivity contribution in [2.75, 3.05) is 4.90 Å². The molecule has 2 atom stereocenters. The van der Waals surface area contributed by atoms with Crippen molar-refractivity contribution in [3.63, 3.8) is 0 Å². The van der Waals surface area contributed by atoms with Crippen LogP contribution < -0.4 is 9.64 Å². The number of ether oxygens (including phenoxy) is 2. The van der Waals surface area contributed by atoms with Crippen molar-refractivity contribution in [1.82, 2.24) is 4.98 Å². The van der Waals surface area contributed by atoms with Gasteiger partial charge in [0.1, 0.15) is 23.9 Å². The van der Waals surface area contributed by atoms with E-state index in [1.165, 1.54) is 33.4 Å². The van der Waals surface area contributed by atoms with Gasteiger partial charge in [0.05, 0.1) is 0 Å². The Morgan fingerprint density at radius 2 is 1.58 bits per heavy atom. The van der Waals surface area contributed by atoms with Gasteiger partial charge in [-0.05, 0) is 70.7 Å². The molecule has 5 aromatic rings. The van der Waals surface area contributed by atoms with Crippen LogP contribution in [0, 0.1) is 39.8 Å². The molecular formula is C46H47N3O2Pt. The molecule has 8 rings (SSSR count). The van der Waals surface area contributed by atoms with Crippen LogP contribution in [0.5, 0.6) is 11.5 Å². The number of fused-ring (bicyclic) bond motifs is 5. The van der Waals surface area contributed by atoms with Gasteiger partial charge in [-0.1, -0.05) is 121 Å². The molecule has 0 fully saturated rings. The Labute approximate surface area is 323 Å². The fourth-order valence-electron chi connectivity index (χ4n) is 8.69. The smallest absolute Gasteiger partial charge is 0.513 e. The van der Waals surface area contributed by atoms with Crippen LogP contribution in [-0.4, -0.2) is 17.0 Å². The minimum atomic E-state index is -0.252. The van der Waals surface area contributed by atoms with Gasteiger partial charge in [0, 0.05) is 28.8 Å². The van der Waals surface area contributed by atoms with E-state index < -0.39 is 0 Å². The SMILES string of the molecule is Cc1cc(C)c2c(c1)[C@H]1N=C(c3[c-]c(Oc4[c-]c5c(cc4)C(C)(C)c4ccccc4N5c4cc(C(C)(C)C)ccn4)c(C)cc3C)O[C@H]1C2(C)C.[Pt+2]. The van der Waals surface area contributed by atoms with Gasteiger partial charge in [-0.25, -0.2) is 4.98 Å². The van der Waals surface area contributed by atoms with Crippen LogP contribution >= 0.6 is 0 Å². The Bertz CT molecular complexity index is 2280. The molecule has 268 valence electrons. The minimum absolute atomic E-state index is 0. The summed E-state index contributed by atoms with van der Waals surface area (Å²) in [5, 5.41) is 0. The second-order valence-electron chi connectivity index (χ2n) is 16.8. The Balaban J connectivity index is 0.00000420. The number of hydrogen-bond acceptors (Lipinski definition) is 5. The molecule has 1 aliphatic carbocycles. The molecule has 0 radical (unpaired) electrons. The van der Waals surface area contributed by atoms with Crippen molar-refractivity contribution >= 4 is 23.1 Å². The van der Waals surface area contributed by atoms with Crippen molar-refractivity contribution in [3.8, 4) is 11.5 Å². The second kappa shape index (κ2) is 12.4. The zero-order valence-electron chi connectivity index (χ0n) is 32.1. The summed E-state index contributed by atoms with van der Waals surface area (Å²) in [5.41, 5.74) is 13.3. The van der Waals surface area contributed by atoms with E-state index in [4.69, 9.17) is 19.5 Å². The summed E-state index contributed by atoms with van der Waals surface area (Å²) < 4.78 is 13.5. The summed E-state index contributed by atoms with van der Waals surface area (Å²) in [6.45, 7) is 24.3. The second-order valence-corrected chi connectivity index (χ2v) is 16.8. The molecule has 5 nitrogen and oxygen atoms in total. The van der Waals surface area contributed by atoms with Gasteiger partial charge < -0.3 is 14.4 Å². The van der Waals surface area contributed by atoms with Crippen LogP contribution in [0.3, 0.4) is 0 Å². The van der Waals surface area contributed by atoms with E-state index in [9.17, 15) is 0 Å². The molecule has 52 heavy (non-hydrogen) atoms. The predicted molar refractivity (Wildman–Crippen MR) is 207 cm³/mol. The van der Waals surface area contributed by atoms with Crippen LogP contribution in [0.15, 0.2) is 77.9 Å². The Morgan fingerprint density at radius 3 is 2.33 bits per heavy atom. The van der Waals surface area contributed by atoms with Crippen LogP contribution in [0.1, 0.15) is 110 Å². The van der Waals surface area contributed by atoms with Gasteiger partial charge in [-0.3, -0.25) is 4.99 Å². The fraction of sp³-hybridized carbons (Fsp3) is 0.348. The summed E-state index contributed by atoms with van der Waals surface area (Å²) in [7, 11) is 0. The number of aliphatic imine (C=N–C) groups is 1. The molecule has 0 N–H and O–H groups in total. The van der Waals surface area contributed by atoms with E-state index >= 15 is 0 Å². The van der Waals surface area contributed by atoms with Crippen molar-refractivity contribution in [3.05, 3.63) is 141 Å². The van der Waals surface area contributed by atoms with Gasteiger partial charge in [0.25, 0.3) is 0 Å². The number of benzene rings is 4. The van der Waals surface area contributed by atoms with Crippen molar-refractivity contribution in [1.29, 1.82) is 0 Å². The topological polar surface area (TPSA) is 47.0 Å². The van der Waals surface area contributed by atoms with Crippen LogP contribution in [0.25, 0.3) is 0 Å². The first-order valence-corrected chi connectivity index (χ1v) is 18.1. The summed E-state index contributed by atoms with van der Waals surface area (Å²) in [6.07, 6.45) is 1.84. The molecule has 4 aromatic carbocycles. The molecular weight excluding hydrogens is 822 g/mol. The van der Waals surface area contributed by atoms with Gasteiger partial charge in [-0.15, -0.1) is 29.3 Å². The number of aromatic nitrogens is 1. The molecule has 3 aliphatic rings. The number of para-hydroxylation sites is 1. The average Bonchev–Trinajstić information content (AvgIpc) is 3.59. The normalized spacial score (nSPS) is 19.1. The Kier molecular flexibility index (Phi) is 8.65. The molecule has 0 spiro atoms. The molecule has 6 heteroatoms. The van der Waals surface area contributed by atoms with E-state index in [1.807, 2.05) is 12.3 Å². The molecule has 1 aromatic heterocycles. The summed E-state index contributed by atoms with van der Waals surface area (Å²) in [4.78, 5) is 12.4. The molecule has 0 saturated heterocycles. The standard InChI is InChI=1S/C46H47N3O2.Pt/c1-26-20-29(4)40-33(21-26)41-42(46(40,10)11)51-43(48-41)32-25-38(28(3)22-27(32)2)50-31-16-17-35-37(24-31)49(36-15-13-12-14-34(36)45(35,8)9)39-23-30(18-19-47-39)44(5,6)7;/h12-23,41-42H,1-11H3;/q-2;+2/t41-,42-;/m1./s1. The number of nitrogens with zero attached hydrogens (tertiary/aromatic N) is 3. The zero-order chi connectivity index (χ0) is 36.2. The van der Waals surface area contributed by atoms with Gasteiger partial charge in [0.15, 0.2) is 0 Å². The molecule has 2 aliphatic heterocycles. The largest absolute Gasteiger partial charge is 2.00 e. The average molecular weight is 869 g/mol. The quantitative estimate of drug-likeness (QED) is 0.169. The fourth-order valence-corrected chi connectivity index (χ4v) is 8.69. The minimum Gasteiger partial charge on any atom is -0.513 e. The first-order valence-electron chi connectivity index (χ1n) is 18.1. The van der Waals surface area contributed by atoms with Gasteiger partial charge in [-0.2, -0.15) is 6.07 Å². The van der Waals surface area contributed by atoms with Gasteiger partial charge in [0.2, 0.25) is 0 Å². The van der Waals surface area contributed by atoms with Crippen LogP contribution in [0.4, 0.5) is 17.2 Å². The Hall–Kier alpha value is -4.21. The zero-order valence-corrected chi connectivity index (χ0v) is 34.3. The summed E-state index contributed by atoms with van der Waals surface area (Å²) in [6, 6.07) is 31.1. The third-order valence-electron chi connectivity index (χ3n) is 11.3. The molecule has 0 unspecified atom stereocenters. The monoisotopic (exact) mass is 868 g/mol. The van der Waals surface area contributed by atoms with E-state index in [0.717, 1.165) is 39.4 Å². The van der Waals surface area contributed by atoms with Crippen molar-refractivity contribution < 1.29 is 30.5 Å². The molecule has 0 bridgehead atoms. The number of rotatable bonds is 4. The van der Waals surface area contributed by atoms with Crippen LogP contribution in [0.2, 0.25) is 0 Å². The Morgan fingerprint density at radius 1 is 0.827 bits per heavy atom. The third kappa shape index (κ3) is 5.62. The number of pyridine rings is 1. The molecule has 0 amide bonds. The van der Waals surface area contributed by atoms with Gasteiger partial charge >= 0.3 is 21.1 Å². The molecule has 3 heterocycles. The number of hydrogen-bond donors (Lipinski definition) is 0. The summed E-state index contributed by atoms with van der Waals surface area (Å²) in [5.74, 6) is 2.74. The van der Waals surface area contributed by atoms with E-state index in [0.29, 0.717) is 17.4 Å². The number of anilines is 3. The van der Waals surface area contributed by atoms with Crippen LogP contribution in [-0.2, 0) is 42.0 Å². The maximum Gasteiger partial charge on any atom is 2.00 e. The van der Waals surface area contributed by atoms with E-state index in [1.54, 1.807) is 0 Å². The van der Waals surface area contributed by atoms with E-state index in [-0.39, 0.29) is 49.5 Å². The summed E-state index contributed by atoms with van der Waals surface area (Å²) >= 11 is 0. The van der Waals surface area contributed by atoms with E-state index in [2.05, 4.69) is 154 Å². The maximum atomic E-state index is 6.76. The number of aryl methyl sites for hydroxylation is 4. The predicted octanol–water partition coefficient (Wildman–Crippen LogP) is 11.3. The first kappa shape index (κ1) is 36.2. The first-order chi connectivity index (χ1) is 24.1. The van der Waals surface area contributed by atoms with Crippen molar-refractivity contribution in [2.45, 2.75) is 105 Å². The van der Waals surface area contributed by atoms with Crippen molar-refractivity contribution in [2.24, 2.45) is 4.99 Å². The maximum absolute atomic E-state index is 6.76.